The summed E-state index contributed by atoms with van der Waals surface area (Å²) in [6.45, 7) is 7.74. The van der Waals surface area contributed by atoms with Crippen molar-refractivity contribution in [2.45, 2.75) is 32.6 Å². The lowest BCUT2D eigenvalue weighted by molar-refractivity contribution is -0.125. The molecule has 2 aromatic carbocycles. The lowest BCUT2D eigenvalue weighted by atomic mass is 10.0. The van der Waals surface area contributed by atoms with Crippen molar-refractivity contribution in [2.75, 3.05) is 20.1 Å². The number of hydrogen-bond acceptors (Lipinski definition) is 4. The molecule has 0 aromatic heterocycles. The lowest BCUT2D eigenvalue weighted by Crippen LogP contribution is -2.41. The van der Waals surface area contributed by atoms with Crippen molar-refractivity contribution in [3.63, 3.8) is 0 Å². The molecule has 35 heavy (non-hydrogen) atoms. The van der Waals surface area contributed by atoms with E-state index in [0.717, 1.165) is 32.4 Å². The van der Waals surface area contributed by atoms with E-state index in [-0.39, 0.29) is 18.1 Å². The molecule has 0 bridgehead atoms. The molecule has 0 radical (unpaired) electrons. The zero-order chi connectivity index (χ0) is 25.5. The number of amides is 2. The molecule has 2 amide bonds. The molecule has 0 spiro atoms. The van der Waals surface area contributed by atoms with Crippen LogP contribution < -0.4 is 5.73 Å². The lowest BCUT2D eigenvalue weighted by Gasteiger charge is -2.33. The number of aliphatic imine (C=N–C) groups is 1. The Kier molecular flexibility index (Phi) is 8.82. The van der Waals surface area contributed by atoms with Crippen LogP contribution >= 0.6 is 11.6 Å². The molecule has 1 saturated heterocycles. The minimum atomic E-state index is -0.551. The number of benzene rings is 2. The highest BCUT2D eigenvalue weighted by Gasteiger charge is 2.23. The van der Waals surface area contributed by atoms with Crippen LogP contribution in [0.15, 0.2) is 65.9 Å². The van der Waals surface area contributed by atoms with Crippen LogP contribution in [0.4, 0.5) is 4.39 Å². The number of hydrogen-bond donors (Lipinski definition) is 1. The first-order valence-corrected chi connectivity index (χ1v) is 11.8. The average Bonchev–Trinajstić information content (AvgIpc) is 2.85. The molecule has 3 rings (SSSR count). The Morgan fingerprint density at radius 1 is 1.17 bits per heavy atom. The molecule has 2 N–H and O–H groups in total. The number of rotatable bonds is 7. The Morgan fingerprint density at radius 3 is 2.46 bits per heavy atom. The van der Waals surface area contributed by atoms with Gasteiger partial charge in [-0.3, -0.25) is 14.5 Å². The smallest absolute Gasteiger partial charge is 0.248 e. The van der Waals surface area contributed by atoms with Gasteiger partial charge in [0.25, 0.3) is 0 Å². The highest BCUT2D eigenvalue weighted by molar-refractivity contribution is 6.32. The fourth-order valence-corrected chi connectivity index (χ4v) is 4.15. The van der Waals surface area contributed by atoms with E-state index in [2.05, 4.69) is 16.5 Å². The van der Waals surface area contributed by atoms with Gasteiger partial charge in [-0.25, -0.2) is 9.38 Å². The quantitative estimate of drug-likeness (QED) is 0.431. The molecule has 0 atom stereocenters. The van der Waals surface area contributed by atoms with Gasteiger partial charge in [-0.2, -0.15) is 0 Å². The molecule has 0 aliphatic carbocycles. The van der Waals surface area contributed by atoms with Crippen LogP contribution in [0, 0.1) is 5.82 Å². The number of piperidine rings is 1. The standard InChI is InChI=1S/C27H30ClFN4O2/c1-18(23-16-21(26(30)35)9-12-24(23)28)17-31-27(19(2)33-13-5-4-6-14-33)32(3)25(34)15-20-7-10-22(29)11-8-20/h7-12,16-17H,2,4-6,13-15H2,1,3H3,(H2,30,35). The predicted octanol–water partition coefficient (Wildman–Crippen LogP) is 5.04. The van der Waals surface area contributed by atoms with Crippen molar-refractivity contribution in [3.05, 3.63) is 88.5 Å². The number of nitrogens with zero attached hydrogens (tertiary/aromatic N) is 3. The number of carbonyl (C=O) groups excluding carboxylic acids is 2. The number of amidine groups is 1. The predicted molar refractivity (Wildman–Crippen MR) is 138 cm³/mol. The Hall–Kier alpha value is -3.45. The van der Waals surface area contributed by atoms with Gasteiger partial charge in [-0.1, -0.05) is 30.3 Å². The van der Waals surface area contributed by atoms with Gasteiger partial charge in [0.2, 0.25) is 11.8 Å². The van der Waals surface area contributed by atoms with Gasteiger partial charge in [-0.15, -0.1) is 0 Å². The van der Waals surface area contributed by atoms with E-state index >= 15 is 0 Å². The van der Waals surface area contributed by atoms with Crippen LogP contribution in [0.3, 0.4) is 0 Å². The van der Waals surface area contributed by atoms with Gasteiger partial charge in [0.1, 0.15) is 5.82 Å². The maximum Gasteiger partial charge on any atom is 0.248 e. The summed E-state index contributed by atoms with van der Waals surface area (Å²) in [5.74, 6) is -0.687. The van der Waals surface area contributed by atoms with Crippen LogP contribution in [-0.2, 0) is 11.2 Å². The van der Waals surface area contributed by atoms with Crippen molar-refractivity contribution in [1.82, 2.24) is 9.80 Å². The highest BCUT2D eigenvalue weighted by Crippen LogP contribution is 2.25. The fraction of sp³-hybridized carbons (Fsp3) is 0.296. The average molecular weight is 497 g/mol. The summed E-state index contributed by atoms with van der Waals surface area (Å²) in [7, 11) is 1.66. The van der Waals surface area contributed by atoms with E-state index in [1.54, 1.807) is 43.6 Å². The molecule has 2 aromatic rings. The van der Waals surface area contributed by atoms with E-state index in [4.69, 9.17) is 17.3 Å². The van der Waals surface area contributed by atoms with Crippen molar-refractivity contribution < 1.29 is 14.0 Å². The van der Waals surface area contributed by atoms with Gasteiger partial charge in [0.05, 0.1) is 12.1 Å². The minimum absolute atomic E-state index is 0.0955. The number of likely N-dealkylation sites (N-methyl/N-ethyl adjacent to an activating group) is 1. The Morgan fingerprint density at radius 2 is 1.83 bits per heavy atom. The van der Waals surface area contributed by atoms with E-state index in [1.165, 1.54) is 17.0 Å². The molecule has 1 fully saturated rings. The van der Waals surface area contributed by atoms with Gasteiger partial charge < -0.3 is 10.6 Å². The Bertz CT molecular complexity index is 1170. The monoisotopic (exact) mass is 496 g/mol. The number of allylic oxidation sites excluding steroid dienone is 1. The molecule has 8 heteroatoms. The number of nitrogens with two attached hydrogens (primary N) is 1. The van der Waals surface area contributed by atoms with Crippen LogP contribution in [0.1, 0.15) is 47.7 Å². The largest absolute Gasteiger partial charge is 0.369 e. The molecular formula is C27H30ClFN4O2. The molecule has 1 aliphatic rings. The van der Waals surface area contributed by atoms with Crippen molar-refractivity contribution in [2.24, 2.45) is 10.7 Å². The first-order chi connectivity index (χ1) is 16.7. The zero-order valence-electron chi connectivity index (χ0n) is 20.1. The first kappa shape index (κ1) is 26.2. The second-order valence-corrected chi connectivity index (χ2v) is 8.98. The molecule has 0 saturated carbocycles. The maximum absolute atomic E-state index is 13.3. The van der Waals surface area contributed by atoms with Gasteiger partial charge >= 0.3 is 0 Å². The summed E-state index contributed by atoms with van der Waals surface area (Å²) in [5.41, 5.74) is 8.42. The van der Waals surface area contributed by atoms with Gasteiger partial charge in [0.15, 0.2) is 5.84 Å². The van der Waals surface area contributed by atoms with E-state index in [9.17, 15) is 14.0 Å². The molecule has 1 heterocycles. The molecule has 184 valence electrons. The third kappa shape index (κ3) is 6.79. The number of carbonyl (C=O) groups is 2. The SMILES string of the molecule is C=C(C(=NC=C(C)c1cc(C(N)=O)ccc1Cl)N(C)C(=O)Cc1ccc(F)cc1)N1CCCCC1. The maximum atomic E-state index is 13.3. The summed E-state index contributed by atoms with van der Waals surface area (Å²) >= 11 is 6.35. The Labute approximate surface area is 210 Å². The summed E-state index contributed by atoms with van der Waals surface area (Å²) < 4.78 is 13.3. The highest BCUT2D eigenvalue weighted by atomic mass is 35.5. The van der Waals surface area contributed by atoms with E-state index in [0.29, 0.717) is 38.8 Å². The fourth-order valence-electron chi connectivity index (χ4n) is 3.88. The first-order valence-electron chi connectivity index (χ1n) is 11.5. The summed E-state index contributed by atoms with van der Waals surface area (Å²) in [6.07, 6.45) is 4.95. The van der Waals surface area contributed by atoms with Gasteiger partial charge in [-0.05, 0) is 73.2 Å². The second-order valence-electron chi connectivity index (χ2n) is 8.57. The topological polar surface area (TPSA) is 79.0 Å². The number of halogens is 2. The van der Waals surface area contributed by atoms with Crippen LogP contribution in [0.2, 0.25) is 5.02 Å². The Balaban J connectivity index is 1.93. The number of primary amides is 1. The minimum Gasteiger partial charge on any atom is -0.369 e. The van der Waals surface area contributed by atoms with Crippen molar-refractivity contribution in [1.29, 1.82) is 0 Å². The normalized spacial score (nSPS) is 14.6. The number of likely N-dealkylation sites (tertiary alicyclic amines) is 1. The molecule has 1 aliphatic heterocycles. The second kappa shape index (κ2) is 11.8. The molecule has 6 nitrogen and oxygen atoms in total. The molecule has 0 unspecified atom stereocenters. The van der Waals surface area contributed by atoms with Gasteiger partial charge in [0, 0.05) is 36.9 Å². The van der Waals surface area contributed by atoms with Crippen molar-refractivity contribution >= 4 is 34.8 Å². The van der Waals surface area contributed by atoms with Crippen LogP contribution in [0.25, 0.3) is 5.57 Å². The van der Waals surface area contributed by atoms with Crippen molar-refractivity contribution in [3.8, 4) is 0 Å². The summed E-state index contributed by atoms with van der Waals surface area (Å²) in [4.78, 5) is 33.0. The van der Waals surface area contributed by atoms with Crippen LogP contribution in [-0.4, -0.2) is 47.6 Å². The summed E-state index contributed by atoms with van der Waals surface area (Å²) in [5, 5.41) is 0.455. The van der Waals surface area contributed by atoms with E-state index < -0.39 is 5.91 Å². The van der Waals surface area contributed by atoms with E-state index in [1.807, 2.05) is 6.92 Å². The van der Waals surface area contributed by atoms with Crippen LogP contribution in [0.5, 0.6) is 0 Å². The zero-order valence-corrected chi connectivity index (χ0v) is 20.8. The third-order valence-corrected chi connectivity index (χ3v) is 6.34. The summed E-state index contributed by atoms with van der Waals surface area (Å²) in [6, 6.07) is 10.7. The molecular weight excluding hydrogens is 467 g/mol. The third-order valence-electron chi connectivity index (χ3n) is 6.01.